The van der Waals surface area contributed by atoms with E-state index in [4.69, 9.17) is 13.8 Å². The molecular formula is C26H55NO6P+. The number of ether oxygens (including phenoxy) is 1. The van der Waals surface area contributed by atoms with Crippen molar-refractivity contribution >= 4 is 14.2 Å². The minimum atomic E-state index is -2.66. The Morgan fingerprint density at radius 3 is 1.71 bits per heavy atom. The number of unbranched alkanes of at least 4 members (excludes halogenated alkanes) is 14. The van der Waals surface area contributed by atoms with Gasteiger partial charge in [-0.25, -0.2) is 0 Å². The smallest absolute Gasteiger partial charge is 0.319 e. The quantitative estimate of drug-likeness (QED) is 0.0676. The molecule has 0 aliphatic heterocycles. The average molecular weight is 509 g/mol. The van der Waals surface area contributed by atoms with Crippen molar-refractivity contribution in [2.75, 3.05) is 47.5 Å². The number of aliphatic hydroxyl groups is 1. The van der Waals surface area contributed by atoms with E-state index in [0.717, 1.165) is 19.3 Å². The summed E-state index contributed by atoms with van der Waals surface area (Å²) in [6, 6.07) is 0. The molecule has 0 saturated carbocycles. The standard InChI is InChI=1S/C26H55NO6P/c1-5-6-7-8-9-10-11-12-13-14-15-16-17-18-19-20-26(29)33-25(23-28)24-32-34(30)31-22-21-27(2,3)4/h25,28,34H,5-24H2,1-4H3/q+1. The van der Waals surface area contributed by atoms with Gasteiger partial charge < -0.3 is 23.4 Å². The van der Waals surface area contributed by atoms with Gasteiger partial charge in [0.25, 0.3) is 0 Å². The molecule has 0 fully saturated rings. The fourth-order valence-corrected chi connectivity index (χ4v) is 4.28. The van der Waals surface area contributed by atoms with Crippen LogP contribution in [0.2, 0.25) is 0 Å². The van der Waals surface area contributed by atoms with Crippen molar-refractivity contribution in [2.45, 2.75) is 116 Å². The Morgan fingerprint density at radius 2 is 1.26 bits per heavy atom. The molecule has 1 N–H and O–H groups in total. The predicted molar refractivity (Wildman–Crippen MR) is 140 cm³/mol. The monoisotopic (exact) mass is 508 g/mol. The van der Waals surface area contributed by atoms with E-state index >= 15 is 0 Å². The van der Waals surface area contributed by atoms with Crippen LogP contribution in [-0.2, 0) is 23.1 Å². The maximum Gasteiger partial charge on any atom is 0.319 e. The fraction of sp³-hybridized carbons (Fsp3) is 0.962. The third-order valence-corrected chi connectivity index (χ3v) is 6.70. The molecule has 0 aromatic rings. The van der Waals surface area contributed by atoms with Crippen LogP contribution in [0.4, 0.5) is 0 Å². The van der Waals surface area contributed by atoms with E-state index in [-0.39, 0.29) is 19.2 Å². The number of carbonyl (C=O) groups is 1. The number of nitrogens with zero attached hydrogens (tertiary/aromatic N) is 1. The largest absolute Gasteiger partial charge is 0.457 e. The summed E-state index contributed by atoms with van der Waals surface area (Å²) >= 11 is 0. The Balaban J connectivity index is 3.56. The molecule has 0 bridgehead atoms. The number of hydrogen-bond donors (Lipinski definition) is 1. The number of likely N-dealkylation sites (N-methyl/N-ethyl adjacent to an activating group) is 1. The van der Waals surface area contributed by atoms with E-state index in [0.29, 0.717) is 24.1 Å². The summed E-state index contributed by atoms with van der Waals surface area (Å²) in [4.78, 5) is 12.0. The van der Waals surface area contributed by atoms with Crippen molar-refractivity contribution in [3.63, 3.8) is 0 Å². The van der Waals surface area contributed by atoms with Crippen molar-refractivity contribution in [3.05, 3.63) is 0 Å². The van der Waals surface area contributed by atoms with E-state index in [2.05, 4.69) is 6.92 Å². The highest BCUT2D eigenvalue weighted by Gasteiger charge is 2.16. The van der Waals surface area contributed by atoms with Gasteiger partial charge in [-0.3, -0.25) is 9.36 Å². The Hall–Kier alpha value is -0.460. The Bertz CT molecular complexity index is 498. The highest BCUT2D eigenvalue weighted by molar-refractivity contribution is 7.33. The third-order valence-electron chi connectivity index (χ3n) is 5.86. The van der Waals surface area contributed by atoms with Gasteiger partial charge in [-0.15, -0.1) is 0 Å². The zero-order valence-electron chi connectivity index (χ0n) is 22.7. The van der Waals surface area contributed by atoms with Gasteiger partial charge in [0.1, 0.15) is 19.3 Å². The maximum atomic E-state index is 12.0. The summed E-state index contributed by atoms with van der Waals surface area (Å²) in [5.41, 5.74) is 0. The third kappa shape index (κ3) is 24.7. The van der Waals surface area contributed by atoms with Crippen molar-refractivity contribution in [1.82, 2.24) is 0 Å². The highest BCUT2D eigenvalue weighted by atomic mass is 31.1. The zero-order chi connectivity index (χ0) is 25.5. The molecule has 0 aliphatic rings. The molecule has 8 heteroatoms. The van der Waals surface area contributed by atoms with Crippen LogP contribution < -0.4 is 0 Å². The van der Waals surface area contributed by atoms with Gasteiger partial charge in [-0.2, -0.15) is 0 Å². The minimum absolute atomic E-state index is 0.122. The summed E-state index contributed by atoms with van der Waals surface area (Å²) in [5, 5.41) is 9.38. The van der Waals surface area contributed by atoms with Gasteiger partial charge in [0, 0.05) is 6.42 Å². The van der Waals surface area contributed by atoms with E-state index in [9.17, 15) is 14.5 Å². The summed E-state index contributed by atoms with van der Waals surface area (Å²) in [5.74, 6) is -0.344. The maximum absolute atomic E-state index is 12.0. The molecule has 0 saturated heterocycles. The van der Waals surface area contributed by atoms with Crippen LogP contribution in [0.15, 0.2) is 0 Å². The van der Waals surface area contributed by atoms with Gasteiger partial charge in [0.2, 0.25) is 0 Å². The second-order valence-corrected chi connectivity index (χ2v) is 11.5. The lowest BCUT2D eigenvalue weighted by Gasteiger charge is -2.23. The molecule has 0 rings (SSSR count). The average Bonchev–Trinajstić information content (AvgIpc) is 2.78. The van der Waals surface area contributed by atoms with Crippen LogP contribution in [0.3, 0.4) is 0 Å². The Labute approximate surface area is 210 Å². The molecule has 0 aromatic heterocycles. The van der Waals surface area contributed by atoms with Crippen LogP contribution in [0, 0.1) is 0 Å². The number of rotatable bonds is 25. The second-order valence-electron chi connectivity index (χ2n) is 10.4. The van der Waals surface area contributed by atoms with Gasteiger partial charge in [-0.05, 0) is 6.42 Å². The first-order chi connectivity index (χ1) is 16.3. The lowest BCUT2D eigenvalue weighted by atomic mass is 10.0. The lowest BCUT2D eigenvalue weighted by Crippen LogP contribution is -2.37. The molecule has 0 aromatic carbocycles. The SMILES string of the molecule is CCCCCCCCCCCCCCCCCC(=O)OC(CO)CO[PH](=O)OCC[N+](C)(C)C. The summed E-state index contributed by atoms with van der Waals surface area (Å²) in [6.07, 6.45) is 18.7. The zero-order valence-corrected chi connectivity index (χ0v) is 23.7. The molecule has 204 valence electrons. The second kappa shape index (κ2) is 23.0. The van der Waals surface area contributed by atoms with Crippen LogP contribution in [0.1, 0.15) is 110 Å². The molecule has 34 heavy (non-hydrogen) atoms. The summed E-state index contributed by atoms with van der Waals surface area (Å²) in [7, 11) is 3.39. The van der Waals surface area contributed by atoms with E-state index in [1.165, 1.54) is 77.0 Å². The molecule has 0 spiro atoms. The van der Waals surface area contributed by atoms with Crippen LogP contribution in [0.25, 0.3) is 0 Å². The molecule has 2 atom stereocenters. The number of hydrogen-bond acceptors (Lipinski definition) is 6. The van der Waals surface area contributed by atoms with Crippen molar-refractivity contribution in [3.8, 4) is 0 Å². The van der Waals surface area contributed by atoms with Crippen molar-refractivity contribution < 1.29 is 32.7 Å². The number of quaternary nitrogens is 1. The van der Waals surface area contributed by atoms with Crippen molar-refractivity contribution in [2.24, 2.45) is 0 Å². The Morgan fingerprint density at radius 1 is 0.794 bits per heavy atom. The van der Waals surface area contributed by atoms with Gasteiger partial charge in [-0.1, -0.05) is 96.8 Å². The van der Waals surface area contributed by atoms with E-state index in [1.54, 1.807) is 0 Å². The molecular weight excluding hydrogens is 453 g/mol. The summed E-state index contributed by atoms with van der Waals surface area (Å²) < 4.78 is 28.0. The minimum Gasteiger partial charge on any atom is -0.457 e. The number of aliphatic hydroxyl groups excluding tert-OH is 1. The molecule has 2 unspecified atom stereocenters. The van der Waals surface area contributed by atoms with Gasteiger partial charge in [0.05, 0.1) is 34.4 Å². The number of carbonyl (C=O) groups excluding carboxylic acids is 1. The molecule has 0 aliphatic carbocycles. The van der Waals surface area contributed by atoms with Gasteiger partial charge >= 0.3 is 14.2 Å². The summed E-state index contributed by atoms with van der Waals surface area (Å²) in [6.45, 7) is 2.81. The predicted octanol–water partition coefficient (Wildman–Crippen LogP) is 6.28. The topological polar surface area (TPSA) is 82.1 Å². The highest BCUT2D eigenvalue weighted by Crippen LogP contribution is 2.24. The van der Waals surface area contributed by atoms with Crippen molar-refractivity contribution in [1.29, 1.82) is 0 Å². The molecule has 0 radical (unpaired) electrons. The van der Waals surface area contributed by atoms with E-state index in [1.807, 2.05) is 21.1 Å². The first-order valence-electron chi connectivity index (χ1n) is 13.7. The normalized spacial score (nSPS) is 13.7. The van der Waals surface area contributed by atoms with Crippen LogP contribution in [0.5, 0.6) is 0 Å². The molecule has 0 amide bonds. The van der Waals surface area contributed by atoms with Gasteiger partial charge in [0.15, 0.2) is 0 Å². The number of esters is 1. The van der Waals surface area contributed by atoms with Crippen LogP contribution in [-0.4, -0.2) is 69.2 Å². The fourth-order valence-electron chi connectivity index (χ4n) is 3.61. The first kappa shape index (κ1) is 33.5. The van der Waals surface area contributed by atoms with E-state index < -0.39 is 14.4 Å². The van der Waals surface area contributed by atoms with Crippen LogP contribution >= 0.6 is 8.25 Å². The molecule has 7 nitrogen and oxygen atoms in total. The first-order valence-corrected chi connectivity index (χ1v) is 14.9. The lowest BCUT2D eigenvalue weighted by molar-refractivity contribution is -0.870. The molecule has 0 heterocycles. The Kier molecular flexibility index (Phi) is 22.7.